The maximum absolute atomic E-state index is 12.2. The number of rotatable bonds is 10. The third-order valence-corrected chi connectivity index (χ3v) is 6.21. The first-order valence-corrected chi connectivity index (χ1v) is 11.0. The number of carbonyl (C=O) groups excluding carboxylic acids is 1. The smallest absolute Gasteiger partial charge is 0.251 e. The fourth-order valence-corrected chi connectivity index (χ4v) is 3.52. The molecule has 2 rings (SSSR count). The van der Waals surface area contributed by atoms with Gasteiger partial charge < -0.3 is 10.1 Å². The van der Waals surface area contributed by atoms with Gasteiger partial charge in [0.2, 0.25) is 10.0 Å². The molecule has 0 aromatic heterocycles. The van der Waals surface area contributed by atoms with Gasteiger partial charge in [-0.1, -0.05) is 12.1 Å². The monoisotopic (exact) mass is 404 g/mol. The molecule has 0 atom stereocenters. The Kier molecular flexibility index (Phi) is 7.87. The van der Waals surface area contributed by atoms with E-state index >= 15 is 0 Å². The van der Waals surface area contributed by atoms with Crippen molar-refractivity contribution in [3.63, 3.8) is 0 Å². The molecule has 1 amide bonds. The number of sulfonamides is 1. The van der Waals surface area contributed by atoms with E-state index in [2.05, 4.69) is 5.32 Å². The summed E-state index contributed by atoms with van der Waals surface area (Å²) in [4.78, 5) is 12.2. The number of hydrogen-bond donors (Lipinski definition) is 1. The Labute approximate surface area is 167 Å². The van der Waals surface area contributed by atoms with Crippen LogP contribution in [0.2, 0.25) is 0 Å². The zero-order chi connectivity index (χ0) is 20.6. The van der Waals surface area contributed by atoms with Crippen molar-refractivity contribution in [2.45, 2.75) is 26.7 Å². The van der Waals surface area contributed by atoms with E-state index in [1.165, 1.54) is 16.9 Å². The van der Waals surface area contributed by atoms with Crippen LogP contribution < -0.4 is 14.4 Å². The summed E-state index contributed by atoms with van der Waals surface area (Å²) in [5.74, 6) is 0.722. The Hall–Kier alpha value is -2.54. The number of carbonyl (C=O) groups is 1. The summed E-state index contributed by atoms with van der Waals surface area (Å²) >= 11 is 0. The molecule has 0 unspecified atom stereocenters. The molecular formula is C21H28N2O4S. The van der Waals surface area contributed by atoms with Crippen LogP contribution in [0.1, 0.15) is 36.2 Å². The highest BCUT2D eigenvalue weighted by Gasteiger charge is 2.16. The molecule has 0 saturated carbocycles. The highest BCUT2D eigenvalue weighted by Crippen LogP contribution is 2.17. The van der Waals surface area contributed by atoms with E-state index in [0.29, 0.717) is 24.4 Å². The molecule has 0 radical (unpaired) electrons. The fraction of sp³-hybridized carbons (Fsp3) is 0.381. The van der Waals surface area contributed by atoms with Crippen LogP contribution in [0.25, 0.3) is 0 Å². The number of aryl methyl sites for hydroxylation is 1. The summed E-state index contributed by atoms with van der Waals surface area (Å²) in [5, 5.41) is 2.90. The van der Waals surface area contributed by atoms with Gasteiger partial charge in [0.1, 0.15) is 5.75 Å². The Bertz CT molecular complexity index is 862. The Morgan fingerprint density at radius 2 is 1.68 bits per heavy atom. The molecule has 0 saturated heterocycles. The molecule has 0 aliphatic heterocycles. The van der Waals surface area contributed by atoms with Gasteiger partial charge in [-0.15, -0.1) is 0 Å². The van der Waals surface area contributed by atoms with Crippen molar-refractivity contribution in [1.29, 1.82) is 0 Å². The summed E-state index contributed by atoms with van der Waals surface area (Å²) in [5.41, 5.74) is 2.24. The molecule has 0 fully saturated rings. The van der Waals surface area contributed by atoms with Crippen molar-refractivity contribution in [1.82, 2.24) is 5.32 Å². The van der Waals surface area contributed by atoms with Crippen LogP contribution >= 0.6 is 0 Å². The second kappa shape index (κ2) is 10.1. The first-order chi connectivity index (χ1) is 13.4. The lowest BCUT2D eigenvalue weighted by atomic mass is 10.1. The Morgan fingerprint density at radius 1 is 1.04 bits per heavy atom. The van der Waals surface area contributed by atoms with Gasteiger partial charge in [0.25, 0.3) is 5.91 Å². The molecule has 2 aromatic rings. The second-order valence-electron chi connectivity index (χ2n) is 6.35. The van der Waals surface area contributed by atoms with E-state index in [1.54, 1.807) is 31.2 Å². The maximum Gasteiger partial charge on any atom is 0.251 e. The summed E-state index contributed by atoms with van der Waals surface area (Å²) in [6, 6.07) is 14.5. The quantitative estimate of drug-likeness (QED) is 0.617. The van der Waals surface area contributed by atoms with Crippen LogP contribution in [0.15, 0.2) is 48.5 Å². The second-order valence-corrected chi connectivity index (χ2v) is 8.64. The number of ether oxygens (including phenoxy) is 1. The van der Waals surface area contributed by atoms with Crippen molar-refractivity contribution >= 4 is 21.6 Å². The van der Waals surface area contributed by atoms with Gasteiger partial charge >= 0.3 is 0 Å². The predicted octanol–water partition coefficient (Wildman–Crippen LogP) is 3.23. The molecule has 2 aromatic carbocycles. The van der Waals surface area contributed by atoms with Crippen LogP contribution in [0, 0.1) is 0 Å². The zero-order valence-electron chi connectivity index (χ0n) is 16.6. The molecule has 0 aliphatic carbocycles. The number of benzene rings is 2. The summed E-state index contributed by atoms with van der Waals surface area (Å²) in [7, 11) is -1.80. The summed E-state index contributed by atoms with van der Waals surface area (Å²) < 4.78 is 30.5. The summed E-state index contributed by atoms with van der Waals surface area (Å²) in [6.45, 7) is 4.77. The molecule has 0 bridgehead atoms. The van der Waals surface area contributed by atoms with E-state index in [9.17, 15) is 13.2 Å². The van der Waals surface area contributed by atoms with Crippen molar-refractivity contribution in [2.24, 2.45) is 0 Å². The van der Waals surface area contributed by atoms with Gasteiger partial charge in [0.15, 0.2) is 0 Å². The SMILES string of the molecule is CCOc1ccc(CCCNC(=O)c2ccc(N(C)S(=O)(=O)CC)cc2)cc1. The third-order valence-electron chi connectivity index (χ3n) is 4.44. The minimum atomic E-state index is -3.31. The number of anilines is 1. The molecule has 1 N–H and O–H groups in total. The van der Waals surface area contributed by atoms with E-state index in [-0.39, 0.29) is 11.7 Å². The lowest BCUT2D eigenvalue weighted by Crippen LogP contribution is -2.28. The first-order valence-electron chi connectivity index (χ1n) is 9.44. The van der Waals surface area contributed by atoms with Crippen LogP contribution in [0.4, 0.5) is 5.69 Å². The number of nitrogens with zero attached hydrogens (tertiary/aromatic N) is 1. The van der Waals surface area contributed by atoms with Crippen LogP contribution in [0.5, 0.6) is 5.75 Å². The zero-order valence-corrected chi connectivity index (χ0v) is 17.5. The van der Waals surface area contributed by atoms with E-state index in [0.717, 1.165) is 18.6 Å². The molecule has 7 heteroatoms. The van der Waals surface area contributed by atoms with Gasteiger partial charge in [-0.25, -0.2) is 8.42 Å². The molecule has 0 spiro atoms. The minimum Gasteiger partial charge on any atom is -0.494 e. The maximum atomic E-state index is 12.2. The third kappa shape index (κ3) is 5.99. The van der Waals surface area contributed by atoms with Gasteiger partial charge in [0.05, 0.1) is 18.0 Å². The average Bonchev–Trinajstić information content (AvgIpc) is 2.72. The average molecular weight is 405 g/mol. The molecule has 0 heterocycles. The van der Waals surface area contributed by atoms with Crippen molar-refractivity contribution in [3.05, 3.63) is 59.7 Å². The lowest BCUT2D eigenvalue weighted by molar-refractivity contribution is 0.0953. The van der Waals surface area contributed by atoms with E-state index in [1.807, 2.05) is 31.2 Å². The molecule has 0 aliphatic rings. The van der Waals surface area contributed by atoms with Gasteiger partial charge in [-0.3, -0.25) is 9.10 Å². The molecule has 6 nitrogen and oxygen atoms in total. The van der Waals surface area contributed by atoms with Crippen molar-refractivity contribution in [3.8, 4) is 5.75 Å². The van der Waals surface area contributed by atoms with Crippen LogP contribution in [-0.2, 0) is 16.4 Å². The highest BCUT2D eigenvalue weighted by atomic mass is 32.2. The standard InChI is InChI=1S/C21H28N2O4S/c1-4-27-20-14-8-17(9-15-20)7-6-16-22-21(24)18-10-12-19(13-11-18)23(3)28(25,26)5-2/h8-15H,4-7,16H2,1-3H3,(H,22,24). The predicted molar refractivity (Wildman–Crippen MR) is 113 cm³/mol. The van der Waals surface area contributed by atoms with Crippen molar-refractivity contribution in [2.75, 3.05) is 30.3 Å². The van der Waals surface area contributed by atoms with E-state index < -0.39 is 10.0 Å². The van der Waals surface area contributed by atoms with Gasteiger partial charge in [-0.05, 0) is 68.7 Å². The molecule has 152 valence electrons. The lowest BCUT2D eigenvalue weighted by Gasteiger charge is -2.18. The number of hydrogen-bond acceptors (Lipinski definition) is 4. The van der Waals surface area contributed by atoms with Gasteiger partial charge in [-0.2, -0.15) is 0 Å². The van der Waals surface area contributed by atoms with Crippen molar-refractivity contribution < 1.29 is 17.9 Å². The Balaban J connectivity index is 1.81. The van der Waals surface area contributed by atoms with Crippen LogP contribution in [0.3, 0.4) is 0 Å². The first kappa shape index (κ1) is 21.8. The Morgan fingerprint density at radius 3 is 2.25 bits per heavy atom. The fourth-order valence-electron chi connectivity index (χ4n) is 2.69. The van der Waals surface area contributed by atoms with E-state index in [4.69, 9.17) is 4.74 Å². The highest BCUT2D eigenvalue weighted by molar-refractivity contribution is 7.92. The van der Waals surface area contributed by atoms with Crippen LogP contribution in [-0.4, -0.2) is 40.3 Å². The normalized spacial score (nSPS) is 11.1. The number of amides is 1. The number of nitrogens with one attached hydrogen (secondary N) is 1. The van der Waals surface area contributed by atoms with Gasteiger partial charge in [0, 0.05) is 19.2 Å². The molecule has 28 heavy (non-hydrogen) atoms. The minimum absolute atomic E-state index is 0.0279. The summed E-state index contributed by atoms with van der Waals surface area (Å²) in [6.07, 6.45) is 1.70. The largest absolute Gasteiger partial charge is 0.494 e. The topological polar surface area (TPSA) is 75.7 Å². The molecular weight excluding hydrogens is 376 g/mol.